The molecular weight excluding hydrogens is 477 g/mol. The van der Waals surface area contributed by atoms with Crippen molar-refractivity contribution in [3.05, 3.63) is 65.0 Å². The fraction of sp³-hybridized carbons (Fsp3) is 0.304. The van der Waals surface area contributed by atoms with Gasteiger partial charge in [0.25, 0.3) is 5.56 Å². The molecule has 3 aromatic rings. The van der Waals surface area contributed by atoms with Gasteiger partial charge in [0.15, 0.2) is 5.82 Å². The third kappa shape index (κ3) is 5.21. The van der Waals surface area contributed by atoms with Gasteiger partial charge in [0.1, 0.15) is 5.69 Å². The largest absolute Gasteiger partial charge is 0.353 e. The lowest BCUT2D eigenvalue weighted by atomic mass is 9.91. The molecule has 0 unspecified atom stereocenters. The Morgan fingerprint density at radius 1 is 1.12 bits per heavy atom. The number of hydrogen-bond donors (Lipinski definition) is 3. The van der Waals surface area contributed by atoms with Gasteiger partial charge in [0, 0.05) is 29.4 Å². The summed E-state index contributed by atoms with van der Waals surface area (Å²) in [5.74, 6) is -0.180. The zero-order chi connectivity index (χ0) is 22.5. The fourth-order valence-electron chi connectivity index (χ4n) is 3.95. The molecule has 1 fully saturated rings. The van der Waals surface area contributed by atoms with E-state index in [2.05, 4.69) is 41.5 Å². The number of alkyl halides is 1. The van der Waals surface area contributed by atoms with Gasteiger partial charge in [-0.25, -0.2) is 14.4 Å². The van der Waals surface area contributed by atoms with E-state index in [0.717, 1.165) is 31.9 Å². The van der Waals surface area contributed by atoms with Gasteiger partial charge in [-0.15, -0.1) is 0 Å². The van der Waals surface area contributed by atoms with Gasteiger partial charge in [0.05, 0.1) is 11.5 Å². The van der Waals surface area contributed by atoms with E-state index < -0.39 is 5.82 Å². The first-order chi connectivity index (χ1) is 15.5. The number of amides is 1. The number of benzene rings is 1. The normalized spacial score (nSPS) is 18.2. The Labute approximate surface area is 193 Å². The summed E-state index contributed by atoms with van der Waals surface area (Å²) in [6.07, 6.45) is 6.16. The number of aromatic amines is 1. The Morgan fingerprint density at radius 2 is 1.88 bits per heavy atom. The van der Waals surface area contributed by atoms with E-state index in [4.69, 9.17) is 0 Å². The van der Waals surface area contributed by atoms with Crippen molar-refractivity contribution in [3.8, 4) is 22.4 Å². The highest BCUT2D eigenvalue weighted by atomic mass is 79.9. The second kappa shape index (κ2) is 10.0. The molecule has 0 bridgehead atoms. The maximum atomic E-state index is 14.6. The van der Waals surface area contributed by atoms with Gasteiger partial charge >= 0.3 is 0 Å². The Morgan fingerprint density at radius 3 is 2.62 bits per heavy atom. The first-order valence-electron chi connectivity index (χ1n) is 10.5. The molecule has 0 spiro atoms. The lowest BCUT2D eigenvalue weighted by Gasteiger charge is -2.29. The molecule has 0 saturated heterocycles. The molecule has 7 nitrogen and oxygen atoms in total. The first kappa shape index (κ1) is 22.1. The van der Waals surface area contributed by atoms with Crippen LogP contribution < -0.4 is 16.2 Å². The standard InChI is InChI=1S/C23H23BrFN5O2/c24-12-20(31)28-16-6-8-17(9-7-16)29-23-27-13-19(25)21(30-23)15-4-1-3-14(11-15)18-5-2-10-26-22(18)32/h1-5,10-11,13,16-17H,6-9,12H2,(H,26,32)(H,28,31)(H,27,29,30)/t16-,17-. The van der Waals surface area contributed by atoms with Crippen LogP contribution in [0, 0.1) is 5.82 Å². The minimum absolute atomic E-state index is 0.00681. The van der Waals surface area contributed by atoms with Crippen LogP contribution in [0.3, 0.4) is 0 Å². The molecular formula is C23H23BrFN5O2. The summed E-state index contributed by atoms with van der Waals surface area (Å²) in [6.45, 7) is 0. The molecule has 1 aromatic carbocycles. The van der Waals surface area contributed by atoms with Crippen molar-refractivity contribution < 1.29 is 9.18 Å². The van der Waals surface area contributed by atoms with Crippen LogP contribution in [-0.2, 0) is 4.79 Å². The zero-order valence-electron chi connectivity index (χ0n) is 17.3. The number of anilines is 1. The van der Waals surface area contributed by atoms with Crippen molar-refractivity contribution in [2.24, 2.45) is 0 Å². The van der Waals surface area contributed by atoms with Crippen molar-refractivity contribution in [2.75, 3.05) is 10.6 Å². The highest BCUT2D eigenvalue weighted by Crippen LogP contribution is 2.27. The van der Waals surface area contributed by atoms with Crippen LogP contribution in [0.1, 0.15) is 25.7 Å². The summed E-state index contributed by atoms with van der Waals surface area (Å²) in [5, 5.41) is 6.59. The molecule has 9 heteroatoms. The Kier molecular flexibility index (Phi) is 6.94. The van der Waals surface area contributed by atoms with Gasteiger partial charge in [-0.3, -0.25) is 9.59 Å². The first-order valence-corrected chi connectivity index (χ1v) is 11.6. The van der Waals surface area contributed by atoms with E-state index in [9.17, 15) is 14.0 Å². The highest BCUT2D eigenvalue weighted by Gasteiger charge is 2.23. The van der Waals surface area contributed by atoms with Crippen LogP contribution in [0.25, 0.3) is 22.4 Å². The van der Waals surface area contributed by atoms with Crippen molar-refractivity contribution in [3.63, 3.8) is 0 Å². The number of rotatable bonds is 6. The fourth-order valence-corrected chi connectivity index (χ4v) is 4.11. The lowest BCUT2D eigenvalue weighted by molar-refractivity contribution is -0.119. The van der Waals surface area contributed by atoms with E-state index in [1.54, 1.807) is 42.6 Å². The topological polar surface area (TPSA) is 99.8 Å². The van der Waals surface area contributed by atoms with Gasteiger partial charge in [0.2, 0.25) is 11.9 Å². The summed E-state index contributed by atoms with van der Waals surface area (Å²) < 4.78 is 14.6. The smallest absolute Gasteiger partial charge is 0.255 e. The number of carbonyl (C=O) groups excluding carboxylic acids is 1. The van der Waals surface area contributed by atoms with Crippen LogP contribution in [0.2, 0.25) is 0 Å². The average molecular weight is 500 g/mol. The summed E-state index contributed by atoms with van der Waals surface area (Å²) in [4.78, 5) is 34.8. The van der Waals surface area contributed by atoms with Crippen LogP contribution in [0.5, 0.6) is 0 Å². The van der Waals surface area contributed by atoms with Crippen molar-refractivity contribution in [1.29, 1.82) is 0 Å². The number of pyridine rings is 1. The summed E-state index contributed by atoms with van der Waals surface area (Å²) in [7, 11) is 0. The predicted molar refractivity (Wildman–Crippen MR) is 125 cm³/mol. The van der Waals surface area contributed by atoms with Gasteiger partial charge in [-0.1, -0.05) is 34.1 Å². The molecule has 2 heterocycles. The molecule has 0 atom stereocenters. The number of H-pyrrole nitrogens is 1. The van der Waals surface area contributed by atoms with Crippen LogP contribution in [0.4, 0.5) is 10.3 Å². The van der Waals surface area contributed by atoms with Gasteiger partial charge in [-0.2, -0.15) is 0 Å². The van der Waals surface area contributed by atoms with Gasteiger partial charge < -0.3 is 15.6 Å². The number of nitrogens with zero attached hydrogens (tertiary/aromatic N) is 2. The minimum Gasteiger partial charge on any atom is -0.353 e. The molecule has 1 aliphatic carbocycles. The molecule has 3 N–H and O–H groups in total. The van der Waals surface area contributed by atoms with E-state index in [0.29, 0.717) is 28.0 Å². The van der Waals surface area contributed by atoms with Crippen LogP contribution in [0.15, 0.2) is 53.6 Å². The third-order valence-electron chi connectivity index (χ3n) is 5.56. The maximum absolute atomic E-state index is 14.6. The van der Waals surface area contributed by atoms with E-state index in [1.807, 2.05) is 0 Å². The Balaban J connectivity index is 1.50. The number of carbonyl (C=O) groups is 1. The van der Waals surface area contributed by atoms with Crippen molar-refractivity contribution in [2.45, 2.75) is 37.8 Å². The monoisotopic (exact) mass is 499 g/mol. The second-order valence-electron chi connectivity index (χ2n) is 7.78. The average Bonchev–Trinajstić information content (AvgIpc) is 2.82. The molecule has 4 rings (SSSR count). The molecule has 1 saturated carbocycles. The summed E-state index contributed by atoms with van der Waals surface area (Å²) in [5.41, 5.74) is 1.72. The SMILES string of the molecule is O=C(CBr)N[C@H]1CC[C@H](Nc2ncc(F)c(-c3cccc(-c4ccc[nH]c4=O)c3)n2)CC1. The quantitative estimate of drug-likeness (QED) is 0.447. The van der Waals surface area contributed by atoms with E-state index >= 15 is 0 Å². The molecule has 0 radical (unpaired) electrons. The highest BCUT2D eigenvalue weighted by molar-refractivity contribution is 9.09. The van der Waals surface area contributed by atoms with Crippen molar-refractivity contribution in [1.82, 2.24) is 20.3 Å². The molecule has 0 aliphatic heterocycles. The molecule has 32 heavy (non-hydrogen) atoms. The number of nitrogens with one attached hydrogen (secondary N) is 3. The molecule has 1 aliphatic rings. The van der Waals surface area contributed by atoms with Crippen molar-refractivity contribution >= 4 is 27.8 Å². The number of halogens is 2. The Hall–Kier alpha value is -3.07. The summed E-state index contributed by atoms with van der Waals surface area (Å²) >= 11 is 3.16. The third-order valence-corrected chi connectivity index (χ3v) is 6.07. The Bertz CT molecular complexity index is 1160. The molecule has 166 valence electrons. The number of hydrogen-bond acceptors (Lipinski definition) is 5. The lowest BCUT2D eigenvalue weighted by Crippen LogP contribution is -2.40. The van der Waals surface area contributed by atoms with E-state index in [1.165, 1.54) is 0 Å². The maximum Gasteiger partial charge on any atom is 0.255 e. The van der Waals surface area contributed by atoms with Gasteiger partial charge in [-0.05, 0) is 49.4 Å². The van der Waals surface area contributed by atoms with Crippen LogP contribution >= 0.6 is 15.9 Å². The minimum atomic E-state index is -0.532. The summed E-state index contributed by atoms with van der Waals surface area (Å²) in [6, 6.07) is 10.9. The molecule has 1 amide bonds. The number of aromatic nitrogens is 3. The zero-order valence-corrected chi connectivity index (χ0v) is 18.9. The van der Waals surface area contributed by atoms with E-state index in [-0.39, 0.29) is 29.2 Å². The predicted octanol–water partition coefficient (Wildman–Crippen LogP) is 3.87. The molecule has 2 aromatic heterocycles. The second-order valence-corrected chi connectivity index (χ2v) is 8.34. The van der Waals surface area contributed by atoms with Crippen LogP contribution in [-0.4, -0.2) is 38.3 Å².